The van der Waals surface area contributed by atoms with Gasteiger partial charge in [-0.05, 0) is 25.7 Å². The van der Waals surface area contributed by atoms with E-state index in [1.165, 1.54) is 0 Å². The van der Waals surface area contributed by atoms with E-state index in [9.17, 15) is 4.21 Å². The van der Waals surface area contributed by atoms with Gasteiger partial charge in [0.2, 0.25) is 0 Å². The molecule has 0 heterocycles. The van der Waals surface area contributed by atoms with E-state index in [0.29, 0.717) is 5.92 Å². The second kappa shape index (κ2) is 6.55. The summed E-state index contributed by atoms with van der Waals surface area (Å²) in [5, 5.41) is 0.249. The Morgan fingerprint density at radius 3 is 2.15 bits per heavy atom. The molecule has 0 bridgehead atoms. The van der Waals surface area contributed by atoms with Crippen molar-refractivity contribution in [3.63, 3.8) is 0 Å². The third-order valence-corrected chi connectivity index (χ3v) is 3.78. The van der Waals surface area contributed by atoms with Crippen molar-refractivity contribution in [2.24, 2.45) is 11.7 Å². The minimum atomic E-state index is -0.686. The number of rotatable bonds is 6. The van der Waals surface area contributed by atoms with Gasteiger partial charge in [0.25, 0.3) is 0 Å². The molecule has 0 radical (unpaired) electrons. The second-order valence-corrected chi connectivity index (χ2v) is 6.27. The van der Waals surface area contributed by atoms with Crippen molar-refractivity contribution in [1.82, 2.24) is 0 Å². The van der Waals surface area contributed by atoms with Gasteiger partial charge in [-0.3, -0.25) is 4.21 Å². The Balaban J connectivity index is 3.69. The van der Waals surface area contributed by atoms with E-state index in [4.69, 9.17) is 5.73 Å². The van der Waals surface area contributed by atoms with Crippen LogP contribution in [-0.2, 0) is 10.8 Å². The third-order valence-electron chi connectivity index (χ3n) is 2.05. The minimum absolute atomic E-state index is 0.165. The zero-order chi connectivity index (χ0) is 10.4. The number of hydrogen-bond donors (Lipinski definition) is 1. The SMILES string of the molecule is CC(C)CCS(=O)C(C)CC(C)N. The van der Waals surface area contributed by atoms with Crippen LogP contribution in [0.15, 0.2) is 0 Å². The molecule has 0 aromatic rings. The van der Waals surface area contributed by atoms with Crippen LogP contribution < -0.4 is 5.73 Å². The van der Waals surface area contributed by atoms with Crippen LogP contribution in [-0.4, -0.2) is 21.3 Å². The summed E-state index contributed by atoms with van der Waals surface area (Å²) in [7, 11) is -0.686. The van der Waals surface area contributed by atoms with Crippen molar-refractivity contribution in [3.05, 3.63) is 0 Å². The lowest BCUT2D eigenvalue weighted by Gasteiger charge is -2.14. The van der Waals surface area contributed by atoms with Crippen LogP contribution in [0.3, 0.4) is 0 Å². The van der Waals surface area contributed by atoms with Gasteiger partial charge in [0, 0.05) is 27.8 Å². The highest BCUT2D eigenvalue weighted by Crippen LogP contribution is 2.08. The summed E-state index contributed by atoms with van der Waals surface area (Å²) in [5.74, 6) is 1.47. The minimum Gasteiger partial charge on any atom is -0.328 e. The van der Waals surface area contributed by atoms with E-state index in [2.05, 4.69) is 13.8 Å². The Kier molecular flexibility index (Phi) is 6.60. The molecule has 0 amide bonds. The molecule has 0 aromatic heterocycles. The molecular weight excluding hydrogens is 182 g/mol. The van der Waals surface area contributed by atoms with Crippen LogP contribution in [0.2, 0.25) is 0 Å². The first kappa shape index (κ1) is 13.1. The van der Waals surface area contributed by atoms with Crippen LogP contribution in [0.5, 0.6) is 0 Å². The van der Waals surface area contributed by atoms with Gasteiger partial charge in [-0.15, -0.1) is 0 Å². The summed E-state index contributed by atoms with van der Waals surface area (Å²) in [6, 6.07) is 0.165. The molecule has 80 valence electrons. The molecule has 2 nitrogen and oxygen atoms in total. The third kappa shape index (κ3) is 7.20. The Labute approximate surface area is 84.7 Å². The lowest BCUT2D eigenvalue weighted by molar-refractivity contribution is 0.603. The smallest absolute Gasteiger partial charge is 0.0334 e. The average Bonchev–Trinajstić information content (AvgIpc) is 1.98. The first-order valence-corrected chi connectivity index (χ1v) is 6.44. The van der Waals surface area contributed by atoms with Crippen molar-refractivity contribution in [1.29, 1.82) is 0 Å². The van der Waals surface area contributed by atoms with Crippen molar-refractivity contribution in [2.45, 2.75) is 51.8 Å². The van der Waals surface area contributed by atoms with Gasteiger partial charge in [-0.2, -0.15) is 0 Å². The molecule has 2 N–H and O–H groups in total. The van der Waals surface area contributed by atoms with Crippen LogP contribution in [0.1, 0.15) is 40.5 Å². The summed E-state index contributed by atoms with van der Waals surface area (Å²) in [5.41, 5.74) is 5.65. The predicted molar refractivity (Wildman–Crippen MR) is 60.2 cm³/mol. The molecule has 0 saturated carbocycles. The molecule has 0 fully saturated rings. The second-order valence-electron chi connectivity index (χ2n) is 4.29. The molecule has 0 rings (SSSR count). The highest BCUT2D eigenvalue weighted by Gasteiger charge is 2.12. The van der Waals surface area contributed by atoms with Gasteiger partial charge in [0.15, 0.2) is 0 Å². The fraction of sp³-hybridized carbons (Fsp3) is 1.00. The average molecular weight is 205 g/mol. The van der Waals surface area contributed by atoms with Crippen molar-refractivity contribution >= 4 is 10.8 Å². The molecular formula is C10H23NOS. The Hall–Kier alpha value is 0.110. The molecule has 13 heavy (non-hydrogen) atoms. The van der Waals surface area contributed by atoms with Gasteiger partial charge in [-0.1, -0.05) is 20.8 Å². The van der Waals surface area contributed by atoms with Crippen LogP contribution >= 0.6 is 0 Å². The molecule has 0 aliphatic heterocycles. The van der Waals surface area contributed by atoms with Gasteiger partial charge >= 0.3 is 0 Å². The summed E-state index contributed by atoms with van der Waals surface area (Å²) >= 11 is 0. The monoisotopic (exact) mass is 205 g/mol. The highest BCUT2D eigenvalue weighted by molar-refractivity contribution is 7.85. The molecule has 0 aromatic carbocycles. The van der Waals surface area contributed by atoms with E-state index in [1.54, 1.807) is 0 Å². The Bertz CT molecular complexity index is 157. The van der Waals surface area contributed by atoms with E-state index in [0.717, 1.165) is 18.6 Å². The standard InChI is InChI=1S/C10H23NOS/c1-8(2)5-6-13(12)10(4)7-9(3)11/h8-10H,5-7,11H2,1-4H3. The van der Waals surface area contributed by atoms with Crippen LogP contribution in [0, 0.1) is 5.92 Å². The fourth-order valence-electron chi connectivity index (χ4n) is 1.18. The van der Waals surface area contributed by atoms with Gasteiger partial charge in [0.1, 0.15) is 0 Å². The quantitative estimate of drug-likeness (QED) is 0.720. The molecule has 0 aliphatic rings. The summed E-state index contributed by atoms with van der Waals surface area (Å²) < 4.78 is 11.6. The van der Waals surface area contributed by atoms with E-state index < -0.39 is 10.8 Å². The maximum atomic E-state index is 11.6. The molecule has 3 atom stereocenters. The molecule has 0 saturated heterocycles. The zero-order valence-electron chi connectivity index (χ0n) is 9.25. The lowest BCUT2D eigenvalue weighted by atomic mass is 10.2. The first-order valence-electron chi connectivity index (χ1n) is 5.06. The molecule has 0 aliphatic carbocycles. The molecule has 3 unspecified atom stereocenters. The van der Waals surface area contributed by atoms with Crippen molar-refractivity contribution < 1.29 is 4.21 Å². The van der Waals surface area contributed by atoms with Gasteiger partial charge in [0.05, 0.1) is 0 Å². The normalized spacial score (nSPS) is 18.6. The maximum Gasteiger partial charge on any atom is 0.0334 e. The zero-order valence-corrected chi connectivity index (χ0v) is 10.1. The summed E-state index contributed by atoms with van der Waals surface area (Å²) in [4.78, 5) is 0. The Morgan fingerprint density at radius 1 is 1.23 bits per heavy atom. The van der Waals surface area contributed by atoms with E-state index in [-0.39, 0.29) is 11.3 Å². The predicted octanol–water partition coefficient (Wildman–Crippen LogP) is 1.91. The van der Waals surface area contributed by atoms with Crippen molar-refractivity contribution in [2.75, 3.05) is 5.75 Å². The topological polar surface area (TPSA) is 43.1 Å². The summed E-state index contributed by atoms with van der Waals surface area (Å²) in [6.07, 6.45) is 1.92. The van der Waals surface area contributed by atoms with E-state index in [1.807, 2.05) is 13.8 Å². The number of nitrogens with two attached hydrogens (primary N) is 1. The van der Waals surface area contributed by atoms with Crippen molar-refractivity contribution in [3.8, 4) is 0 Å². The highest BCUT2D eigenvalue weighted by atomic mass is 32.2. The van der Waals surface area contributed by atoms with Gasteiger partial charge < -0.3 is 5.73 Å². The Morgan fingerprint density at radius 2 is 1.77 bits per heavy atom. The lowest BCUT2D eigenvalue weighted by Crippen LogP contribution is -2.25. The van der Waals surface area contributed by atoms with E-state index >= 15 is 0 Å². The first-order chi connectivity index (χ1) is 5.93. The number of hydrogen-bond acceptors (Lipinski definition) is 2. The van der Waals surface area contributed by atoms with Crippen LogP contribution in [0.25, 0.3) is 0 Å². The fourth-order valence-corrected chi connectivity index (χ4v) is 2.81. The van der Waals surface area contributed by atoms with Gasteiger partial charge in [-0.25, -0.2) is 0 Å². The summed E-state index contributed by atoms with van der Waals surface area (Å²) in [6.45, 7) is 8.32. The largest absolute Gasteiger partial charge is 0.328 e. The molecule has 0 spiro atoms. The molecule has 3 heteroatoms. The maximum absolute atomic E-state index is 11.6. The van der Waals surface area contributed by atoms with Crippen LogP contribution in [0.4, 0.5) is 0 Å².